The summed E-state index contributed by atoms with van der Waals surface area (Å²) in [6.45, 7) is 1.22. The summed E-state index contributed by atoms with van der Waals surface area (Å²) in [5, 5.41) is 9.58. The lowest BCUT2D eigenvalue weighted by atomic mass is 10.3. The zero-order valence-electron chi connectivity index (χ0n) is 5.49. The molecule has 1 aliphatic rings. The zero-order valence-corrected chi connectivity index (χ0v) is 5.49. The van der Waals surface area contributed by atoms with E-state index in [1.165, 1.54) is 5.06 Å². The van der Waals surface area contributed by atoms with Crippen LogP contribution in [0.2, 0.25) is 0 Å². The van der Waals surface area contributed by atoms with Crippen LogP contribution in [0.25, 0.3) is 0 Å². The molecule has 4 heteroatoms. The summed E-state index contributed by atoms with van der Waals surface area (Å²) in [4.78, 5) is 14.4. The third-order valence-corrected chi connectivity index (χ3v) is 1.23. The summed E-state index contributed by atoms with van der Waals surface area (Å²) in [6.07, 6.45) is 3.50. The van der Waals surface area contributed by atoms with Gasteiger partial charge in [0, 0.05) is 6.54 Å². The van der Waals surface area contributed by atoms with Crippen molar-refractivity contribution >= 4 is 6.16 Å². The number of nitrogens with zero attached hydrogens (tertiary/aromatic N) is 1. The van der Waals surface area contributed by atoms with E-state index in [-0.39, 0.29) is 0 Å². The molecule has 0 fully saturated rings. The smallest absolute Gasteiger partial charge is 0.448 e. The number of rotatable bonds is 1. The molecule has 0 unspecified atom stereocenters. The predicted molar refractivity (Wildman–Crippen MR) is 34.4 cm³/mol. The Morgan fingerprint density at radius 2 is 2.40 bits per heavy atom. The van der Waals surface area contributed by atoms with Gasteiger partial charge in [-0.1, -0.05) is 12.2 Å². The third-order valence-electron chi connectivity index (χ3n) is 1.23. The molecule has 0 saturated heterocycles. The van der Waals surface area contributed by atoms with E-state index in [1.54, 1.807) is 0 Å². The second-order valence-corrected chi connectivity index (χ2v) is 2.01. The topological polar surface area (TPSA) is 49.8 Å². The summed E-state index contributed by atoms with van der Waals surface area (Å²) in [7, 11) is 0. The molecule has 1 rings (SSSR count). The summed E-state index contributed by atoms with van der Waals surface area (Å²) in [6, 6.07) is 0. The van der Waals surface area contributed by atoms with E-state index in [2.05, 4.69) is 4.84 Å². The van der Waals surface area contributed by atoms with Gasteiger partial charge in [0.25, 0.3) is 0 Å². The standard InChI is InChI=1S/C6H9NO3/c8-6(9)10-7-4-2-1-3-5-7/h1-2H,3-5H2,(H,8,9). The van der Waals surface area contributed by atoms with Gasteiger partial charge in [0.1, 0.15) is 0 Å². The molecule has 0 saturated carbocycles. The maximum absolute atomic E-state index is 9.98. The maximum atomic E-state index is 9.98. The summed E-state index contributed by atoms with van der Waals surface area (Å²) in [5.41, 5.74) is 0. The summed E-state index contributed by atoms with van der Waals surface area (Å²) in [5.74, 6) is 0. The van der Waals surface area contributed by atoms with Crippen LogP contribution in [-0.2, 0) is 4.84 Å². The molecule has 10 heavy (non-hydrogen) atoms. The first-order chi connectivity index (χ1) is 4.79. The number of hydrogen-bond acceptors (Lipinski definition) is 3. The van der Waals surface area contributed by atoms with Crippen LogP contribution in [0.15, 0.2) is 12.2 Å². The van der Waals surface area contributed by atoms with Crippen LogP contribution in [0.4, 0.5) is 4.79 Å². The Morgan fingerprint density at radius 3 is 2.90 bits per heavy atom. The SMILES string of the molecule is O=C(O)ON1CC=CCC1. The molecule has 0 aromatic heterocycles. The number of carbonyl (C=O) groups is 1. The quantitative estimate of drug-likeness (QED) is 0.553. The van der Waals surface area contributed by atoms with Gasteiger partial charge in [-0.3, -0.25) is 0 Å². The van der Waals surface area contributed by atoms with Gasteiger partial charge in [-0.05, 0) is 6.42 Å². The van der Waals surface area contributed by atoms with Gasteiger partial charge < -0.3 is 9.94 Å². The highest BCUT2D eigenvalue weighted by atomic mass is 16.8. The predicted octanol–water partition coefficient (Wildman–Crippen LogP) is 0.858. The lowest BCUT2D eigenvalue weighted by molar-refractivity contribution is -0.112. The maximum Gasteiger partial charge on any atom is 0.525 e. The molecule has 0 bridgehead atoms. The van der Waals surface area contributed by atoms with Gasteiger partial charge in [0.05, 0.1) is 6.54 Å². The Labute approximate surface area is 58.7 Å². The average molecular weight is 143 g/mol. The molecular weight excluding hydrogens is 134 g/mol. The van der Waals surface area contributed by atoms with Crippen molar-refractivity contribution in [2.45, 2.75) is 6.42 Å². The van der Waals surface area contributed by atoms with Gasteiger partial charge in [-0.2, -0.15) is 0 Å². The first kappa shape index (κ1) is 7.08. The van der Waals surface area contributed by atoms with E-state index in [9.17, 15) is 4.79 Å². The normalized spacial score (nSPS) is 18.8. The van der Waals surface area contributed by atoms with E-state index in [1.807, 2.05) is 12.2 Å². The molecule has 56 valence electrons. The Kier molecular flexibility index (Phi) is 2.28. The van der Waals surface area contributed by atoms with E-state index in [0.29, 0.717) is 13.1 Å². The van der Waals surface area contributed by atoms with Crippen molar-refractivity contribution in [3.8, 4) is 0 Å². The second kappa shape index (κ2) is 3.22. The van der Waals surface area contributed by atoms with Crippen molar-refractivity contribution in [3.05, 3.63) is 12.2 Å². The van der Waals surface area contributed by atoms with E-state index in [4.69, 9.17) is 5.11 Å². The van der Waals surface area contributed by atoms with Crippen molar-refractivity contribution in [1.82, 2.24) is 5.06 Å². The van der Waals surface area contributed by atoms with Crippen LogP contribution in [0.5, 0.6) is 0 Å². The first-order valence-electron chi connectivity index (χ1n) is 3.10. The average Bonchev–Trinajstić information content (AvgIpc) is 1.88. The minimum atomic E-state index is -1.24. The number of hydrogen-bond donors (Lipinski definition) is 1. The van der Waals surface area contributed by atoms with Crippen molar-refractivity contribution in [2.24, 2.45) is 0 Å². The summed E-state index contributed by atoms with van der Waals surface area (Å²) >= 11 is 0. The molecule has 0 amide bonds. The fourth-order valence-corrected chi connectivity index (χ4v) is 0.813. The van der Waals surface area contributed by atoms with Crippen LogP contribution in [0.3, 0.4) is 0 Å². The van der Waals surface area contributed by atoms with Crippen LogP contribution >= 0.6 is 0 Å². The van der Waals surface area contributed by atoms with Gasteiger partial charge in [0.2, 0.25) is 0 Å². The second-order valence-electron chi connectivity index (χ2n) is 2.01. The van der Waals surface area contributed by atoms with E-state index in [0.717, 1.165) is 6.42 Å². The molecule has 0 aromatic carbocycles. The molecule has 0 spiro atoms. The van der Waals surface area contributed by atoms with Crippen molar-refractivity contribution in [1.29, 1.82) is 0 Å². The Hall–Kier alpha value is -1.03. The van der Waals surface area contributed by atoms with Gasteiger partial charge in [0.15, 0.2) is 0 Å². The summed E-state index contributed by atoms with van der Waals surface area (Å²) < 4.78 is 0. The molecule has 1 N–H and O–H groups in total. The molecule has 0 aliphatic carbocycles. The zero-order chi connectivity index (χ0) is 7.40. The van der Waals surface area contributed by atoms with Gasteiger partial charge >= 0.3 is 6.16 Å². The molecule has 0 radical (unpaired) electrons. The minimum absolute atomic E-state index is 0.562. The third kappa shape index (κ3) is 2.06. The number of hydroxylamine groups is 2. The molecule has 1 heterocycles. The first-order valence-corrected chi connectivity index (χ1v) is 3.10. The highest BCUT2D eigenvalue weighted by Gasteiger charge is 2.09. The fourth-order valence-electron chi connectivity index (χ4n) is 0.813. The Balaban J connectivity index is 2.28. The monoisotopic (exact) mass is 143 g/mol. The van der Waals surface area contributed by atoms with Crippen LogP contribution in [-0.4, -0.2) is 29.4 Å². The highest BCUT2D eigenvalue weighted by Crippen LogP contribution is 2.00. The van der Waals surface area contributed by atoms with Crippen molar-refractivity contribution in [3.63, 3.8) is 0 Å². The molecule has 0 atom stereocenters. The van der Waals surface area contributed by atoms with E-state index >= 15 is 0 Å². The van der Waals surface area contributed by atoms with Gasteiger partial charge in [-0.25, -0.2) is 4.79 Å². The Morgan fingerprint density at radius 1 is 1.60 bits per heavy atom. The van der Waals surface area contributed by atoms with Crippen molar-refractivity contribution in [2.75, 3.05) is 13.1 Å². The van der Waals surface area contributed by atoms with Crippen molar-refractivity contribution < 1.29 is 14.7 Å². The minimum Gasteiger partial charge on any atom is -0.448 e. The molecular formula is C6H9NO3. The number of carboxylic acid groups (broad SMARTS) is 1. The lowest BCUT2D eigenvalue weighted by Gasteiger charge is -2.19. The largest absolute Gasteiger partial charge is 0.525 e. The van der Waals surface area contributed by atoms with Gasteiger partial charge in [-0.15, -0.1) is 5.06 Å². The van der Waals surface area contributed by atoms with Crippen LogP contribution < -0.4 is 0 Å². The lowest BCUT2D eigenvalue weighted by Crippen LogP contribution is -2.29. The Bertz CT molecular complexity index is 155. The molecule has 1 aliphatic heterocycles. The van der Waals surface area contributed by atoms with E-state index < -0.39 is 6.16 Å². The molecule has 4 nitrogen and oxygen atoms in total. The van der Waals surface area contributed by atoms with Crippen LogP contribution in [0, 0.1) is 0 Å². The molecule has 0 aromatic rings. The fraction of sp³-hybridized carbons (Fsp3) is 0.500. The highest BCUT2D eigenvalue weighted by molar-refractivity contribution is 5.56. The van der Waals surface area contributed by atoms with Crippen LogP contribution in [0.1, 0.15) is 6.42 Å².